The van der Waals surface area contributed by atoms with Crippen LogP contribution in [0.5, 0.6) is 11.5 Å². The first-order valence-electron chi connectivity index (χ1n) is 9.49. The Kier molecular flexibility index (Phi) is 6.33. The number of nitriles is 1. The molecule has 0 aliphatic rings. The smallest absolute Gasteiger partial charge is 0.222 e. The van der Waals surface area contributed by atoms with Crippen molar-refractivity contribution in [3.05, 3.63) is 95.0 Å². The van der Waals surface area contributed by atoms with Crippen LogP contribution in [0.2, 0.25) is 0 Å². The summed E-state index contributed by atoms with van der Waals surface area (Å²) in [6.07, 6.45) is 1.24. The van der Waals surface area contributed by atoms with Crippen molar-refractivity contribution in [1.82, 2.24) is 0 Å². The zero-order valence-electron chi connectivity index (χ0n) is 16.9. The molecule has 3 aromatic rings. The van der Waals surface area contributed by atoms with E-state index in [1.165, 1.54) is 6.20 Å². The molecule has 30 heavy (non-hydrogen) atoms. The van der Waals surface area contributed by atoms with Crippen LogP contribution in [0, 0.1) is 16.5 Å². The van der Waals surface area contributed by atoms with E-state index in [2.05, 4.69) is 0 Å². The summed E-state index contributed by atoms with van der Waals surface area (Å²) in [4.78, 5) is 12.7. The molecule has 0 unspecified atom stereocenters. The van der Waals surface area contributed by atoms with Crippen LogP contribution >= 0.6 is 0 Å². The first kappa shape index (κ1) is 20.9. The second-order valence-electron chi connectivity index (χ2n) is 7.30. The molecule has 0 saturated carbocycles. The Morgan fingerprint density at radius 3 is 2.33 bits per heavy atom. The van der Waals surface area contributed by atoms with Crippen LogP contribution in [-0.4, -0.2) is 11.4 Å². The maximum absolute atomic E-state index is 12.7. The minimum Gasteiger partial charge on any atom is -0.618 e. The molecule has 0 radical (unpaired) electrons. The van der Waals surface area contributed by atoms with Gasteiger partial charge in [-0.05, 0) is 49.7 Å². The Balaban J connectivity index is 1.62. The van der Waals surface area contributed by atoms with Crippen molar-refractivity contribution >= 4 is 5.78 Å². The second kappa shape index (κ2) is 9.10. The van der Waals surface area contributed by atoms with E-state index in [4.69, 9.17) is 14.7 Å². The van der Waals surface area contributed by atoms with Gasteiger partial charge in [0, 0.05) is 6.07 Å². The summed E-state index contributed by atoms with van der Waals surface area (Å²) in [5, 5.41) is 21.2. The highest BCUT2D eigenvalue weighted by molar-refractivity contribution is 5.88. The number of Topliss-reactive ketones (excluding diaryl/α,β-unsaturated/α-hetero) is 1. The quantitative estimate of drug-likeness (QED) is 0.423. The Bertz CT molecular complexity index is 1050. The average molecular weight is 402 g/mol. The Morgan fingerprint density at radius 1 is 1.03 bits per heavy atom. The van der Waals surface area contributed by atoms with Gasteiger partial charge >= 0.3 is 0 Å². The number of rotatable bonds is 8. The van der Waals surface area contributed by atoms with Crippen LogP contribution in [0.4, 0.5) is 0 Å². The molecule has 0 amide bonds. The molecule has 2 aromatic carbocycles. The number of nitrogens with zero attached hydrogens (tertiary/aromatic N) is 2. The van der Waals surface area contributed by atoms with E-state index in [1.807, 2.05) is 36.4 Å². The fraction of sp³-hybridized carbons (Fsp3) is 0.208. The van der Waals surface area contributed by atoms with Crippen LogP contribution in [0.25, 0.3) is 0 Å². The molecule has 0 fully saturated rings. The maximum Gasteiger partial charge on any atom is 0.222 e. The molecule has 0 atom stereocenters. The fourth-order valence-electron chi connectivity index (χ4n) is 2.78. The van der Waals surface area contributed by atoms with Gasteiger partial charge in [-0.3, -0.25) is 4.79 Å². The third-order valence-electron chi connectivity index (χ3n) is 4.59. The largest absolute Gasteiger partial charge is 0.618 e. The monoisotopic (exact) mass is 402 g/mol. The van der Waals surface area contributed by atoms with E-state index in [-0.39, 0.29) is 12.2 Å². The Morgan fingerprint density at radius 2 is 1.70 bits per heavy atom. The number of carbonyl (C=O) groups excluding carboxylic acids is 1. The van der Waals surface area contributed by atoms with E-state index < -0.39 is 5.60 Å². The van der Waals surface area contributed by atoms with Gasteiger partial charge < -0.3 is 14.7 Å². The zero-order chi connectivity index (χ0) is 21.6. The minimum absolute atomic E-state index is 0.0776. The molecule has 0 spiro atoms. The number of ketones is 1. The van der Waals surface area contributed by atoms with Crippen LogP contribution < -0.4 is 14.2 Å². The first-order valence-corrected chi connectivity index (χ1v) is 9.49. The minimum atomic E-state index is -1.14. The molecule has 0 bridgehead atoms. The number of benzene rings is 2. The summed E-state index contributed by atoms with van der Waals surface area (Å²) in [7, 11) is 0. The SMILES string of the molecule is CC(C)(Oc1ccc(C#N)cc1)C(=O)Cc1ccc(OCc2ccccc2)c[n+]1[O-]. The molecule has 0 saturated heterocycles. The molecule has 0 aliphatic heterocycles. The summed E-state index contributed by atoms with van der Waals surface area (Å²) in [6, 6.07) is 21.5. The summed E-state index contributed by atoms with van der Waals surface area (Å²) >= 11 is 0. The number of carbonyl (C=O) groups is 1. The van der Waals surface area contributed by atoms with E-state index in [1.54, 1.807) is 50.2 Å². The van der Waals surface area contributed by atoms with E-state index in [0.29, 0.717) is 34.1 Å². The highest BCUT2D eigenvalue weighted by Gasteiger charge is 2.31. The van der Waals surface area contributed by atoms with Gasteiger partial charge in [0.15, 0.2) is 17.1 Å². The van der Waals surface area contributed by atoms with Crippen molar-refractivity contribution in [2.24, 2.45) is 0 Å². The van der Waals surface area contributed by atoms with Crippen molar-refractivity contribution in [2.75, 3.05) is 0 Å². The van der Waals surface area contributed by atoms with E-state index >= 15 is 0 Å². The lowest BCUT2D eigenvalue weighted by Crippen LogP contribution is -2.42. The van der Waals surface area contributed by atoms with Crippen LogP contribution in [-0.2, 0) is 17.8 Å². The van der Waals surface area contributed by atoms with Crippen LogP contribution in [0.1, 0.15) is 30.7 Å². The van der Waals surface area contributed by atoms with Gasteiger partial charge in [-0.2, -0.15) is 9.99 Å². The van der Waals surface area contributed by atoms with Gasteiger partial charge in [-0.25, -0.2) is 0 Å². The predicted molar refractivity (Wildman–Crippen MR) is 111 cm³/mol. The topological polar surface area (TPSA) is 86.3 Å². The number of hydrogen-bond donors (Lipinski definition) is 0. The number of hydrogen-bond acceptors (Lipinski definition) is 5. The third-order valence-corrected chi connectivity index (χ3v) is 4.59. The van der Waals surface area contributed by atoms with Crippen molar-refractivity contribution in [3.8, 4) is 17.6 Å². The lowest BCUT2D eigenvalue weighted by Gasteiger charge is -2.24. The lowest BCUT2D eigenvalue weighted by atomic mass is 9.98. The van der Waals surface area contributed by atoms with E-state index in [0.717, 1.165) is 5.56 Å². The lowest BCUT2D eigenvalue weighted by molar-refractivity contribution is -0.613. The number of aromatic nitrogens is 1. The van der Waals surface area contributed by atoms with Gasteiger partial charge in [0.1, 0.15) is 12.4 Å². The van der Waals surface area contributed by atoms with Crippen LogP contribution in [0.15, 0.2) is 72.9 Å². The predicted octanol–water partition coefficient (Wildman–Crippen LogP) is 3.74. The van der Waals surface area contributed by atoms with Crippen molar-refractivity contribution in [1.29, 1.82) is 5.26 Å². The molecule has 1 aromatic heterocycles. The van der Waals surface area contributed by atoms with Crippen molar-refractivity contribution in [2.45, 2.75) is 32.5 Å². The molecule has 0 aliphatic carbocycles. The molecule has 152 valence electrons. The van der Waals surface area contributed by atoms with Gasteiger partial charge in [-0.1, -0.05) is 30.3 Å². The Labute approximate surface area is 175 Å². The Hall–Kier alpha value is -3.85. The summed E-state index contributed by atoms with van der Waals surface area (Å²) in [6.45, 7) is 3.66. The molecule has 1 heterocycles. The molecule has 6 nitrogen and oxygen atoms in total. The number of pyridine rings is 1. The summed E-state index contributed by atoms with van der Waals surface area (Å²) < 4.78 is 12.1. The number of ether oxygens (including phenoxy) is 2. The molecular formula is C24H22N2O4. The third kappa shape index (κ3) is 5.36. The normalized spacial score (nSPS) is 10.8. The second-order valence-corrected chi connectivity index (χ2v) is 7.30. The highest BCUT2D eigenvalue weighted by atomic mass is 16.5. The molecule has 3 rings (SSSR count). The average Bonchev–Trinajstić information content (AvgIpc) is 2.75. The van der Waals surface area contributed by atoms with E-state index in [9.17, 15) is 10.0 Å². The van der Waals surface area contributed by atoms with Gasteiger partial charge in [0.05, 0.1) is 18.1 Å². The highest BCUT2D eigenvalue weighted by Crippen LogP contribution is 2.21. The molecule has 6 heteroatoms. The zero-order valence-corrected chi connectivity index (χ0v) is 16.9. The van der Waals surface area contributed by atoms with Gasteiger partial charge in [0.2, 0.25) is 11.9 Å². The molecular weight excluding hydrogens is 380 g/mol. The summed E-state index contributed by atoms with van der Waals surface area (Å²) in [5.74, 6) is 0.666. The standard InChI is InChI=1S/C24H22N2O4/c1-24(2,30-21-11-8-18(15-25)9-12-21)23(27)14-20-10-13-22(16-26(20)28)29-17-19-6-4-3-5-7-19/h3-13,16H,14,17H2,1-2H3. The first-order chi connectivity index (χ1) is 14.4. The van der Waals surface area contributed by atoms with Crippen molar-refractivity contribution < 1.29 is 19.0 Å². The van der Waals surface area contributed by atoms with Gasteiger partial charge in [-0.15, -0.1) is 0 Å². The molecule has 0 N–H and O–H groups in total. The van der Waals surface area contributed by atoms with Crippen LogP contribution in [0.3, 0.4) is 0 Å². The van der Waals surface area contributed by atoms with Gasteiger partial charge in [0.25, 0.3) is 0 Å². The fourth-order valence-corrected chi connectivity index (χ4v) is 2.78. The maximum atomic E-state index is 12.7. The summed E-state index contributed by atoms with van der Waals surface area (Å²) in [5.41, 5.74) is 0.678. The van der Waals surface area contributed by atoms with Crippen molar-refractivity contribution in [3.63, 3.8) is 0 Å².